The van der Waals surface area contributed by atoms with Crippen molar-refractivity contribution in [3.8, 4) is 0 Å². The Morgan fingerprint density at radius 2 is 2.17 bits per heavy atom. The van der Waals surface area contributed by atoms with Gasteiger partial charge in [0.1, 0.15) is 0 Å². The van der Waals surface area contributed by atoms with E-state index < -0.39 is 0 Å². The average molecular weight is 348 g/mol. The zero-order valence-corrected chi connectivity index (χ0v) is 14.1. The highest BCUT2D eigenvalue weighted by molar-refractivity contribution is 9.11. The molecule has 1 aromatic rings. The van der Waals surface area contributed by atoms with Crippen molar-refractivity contribution in [2.75, 3.05) is 5.75 Å². The van der Waals surface area contributed by atoms with E-state index in [0.717, 1.165) is 12.3 Å². The molecule has 0 amide bonds. The van der Waals surface area contributed by atoms with Gasteiger partial charge in [-0.05, 0) is 59.0 Å². The lowest BCUT2D eigenvalue weighted by molar-refractivity contribution is 0.610. The van der Waals surface area contributed by atoms with Gasteiger partial charge in [0, 0.05) is 10.9 Å². The summed E-state index contributed by atoms with van der Waals surface area (Å²) < 4.78 is 1.22. The number of hydrogen-bond donors (Lipinski definition) is 1. The third-order valence-corrected chi connectivity index (χ3v) is 7.20. The number of rotatable bonds is 6. The minimum absolute atomic E-state index is 0.280. The van der Waals surface area contributed by atoms with Crippen LogP contribution in [0.1, 0.15) is 49.2 Å². The Balaban J connectivity index is 1.96. The molecule has 1 aliphatic rings. The molecule has 1 fully saturated rings. The molecule has 102 valence electrons. The Bertz CT molecular complexity index is 360. The lowest BCUT2D eigenvalue weighted by atomic mass is 10.1. The van der Waals surface area contributed by atoms with Crippen LogP contribution in [0.2, 0.25) is 0 Å². The van der Waals surface area contributed by atoms with Crippen molar-refractivity contribution in [3.63, 3.8) is 0 Å². The van der Waals surface area contributed by atoms with Gasteiger partial charge >= 0.3 is 0 Å². The largest absolute Gasteiger partial charge is 0.326 e. The van der Waals surface area contributed by atoms with Gasteiger partial charge in [-0.1, -0.05) is 19.8 Å². The number of thiophene rings is 1. The molecular formula is C14H22BrNS2. The summed E-state index contributed by atoms with van der Waals surface area (Å²) in [5.74, 6) is 2.22. The fourth-order valence-electron chi connectivity index (χ4n) is 2.53. The van der Waals surface area contributed by atoms with Gasteiger partial charge in [-0.2, -0.15) is 11.8 Å². The maximum absolute atomic E-state index is 6.31. The van der Waals surface area contributed by atoms with Gasteiger partial charge in [-0.3, -0.25) is 0 Å². The first-order chi connectivity index (χ1) is 8.70. The van der Waals surface area contributed by atoms with E-state index in [0.29, 0.717) is 5.25 Å². The SMILES string of the molecule is CCC(N)C(SCC1CCCC1)c1ccc(Br)s1. The molecule has 0 radical (unpaired) electrons. The lowest BCUT2D eigenvalue weighted by Crippen LogP contribution is -2.25. The molecule has 1 nitrogen and oxygen atoms in total. The van der Waals surface area contributed by atoms with Crippen molar-refractivity contribution in [3.05, 3.63) is 20.8 Å². The van der Waals surface area contributed by atoms with E-state index in [4.69, 9.17) is 5.73 Å². The van der Waals surface area contributed by atoms with Crippen LogP contribution in [0.25, 0.3) is 0 Å². The monoisotopic (exact) mass is 347 g/mol. The molecule has 0 saturated heterocycles. The third-order valence-electron chi connectivity index (χ3n) is 3.72. The quantitative estimate of drug-likeness (QED) is 0.763. The Labute approximate surface area is 127 Å². The van der Waals surface area contributed by atoms with Gasteiger partial charge in [-0.15, -0.1) is 11.3 Å². The van der Waals surface area contributed by atoms with Gasteiger partial charge < -0.3 is 5.73 Å². The Hall–Kier alpha value is 0.490. The Morgan fingerprint density at radius 1 is 1.44 bits per heavy atom. The van der Waals surface area contributed by atoms with E-state index in [1.165, 1.54) is 40.1 Å². The van der Waals surface area contributed by atoms with Gasteiger partial charge in [0.05, 0.1) is 9.04 Å². The second-order valence-electron chi connectivity index (χ2n) is 5.12. The first-order valence-corrected chi connectivity index (χ1v) is 9.49. The standard InChI is InChI=1S/C14H22BrNS2/c1-2-11(16)14(12-7-8-13(15)18-12)17-9-10-5-3-4-6-10/h7-8,10-11,14H,2-6,9,16H2,1H3. The molecule has 18 heavy (non-hydrogen) atoms. The molecule has 2 unspecified atom stereocenters. The van der Waals surface area contributed by atoms with Crippen LogP contribution in [0.4, 0.5) is 0 Å². The Morgan fingerprint density at radius 3 is 2.72 bits per heavy atom. The van der Waals surface area contributed by atoms with Crippen LogP contribution in [0.15, 0.2) is 15.9 Å². The van der Waals surface area contributed by atoms with Crippen molar-refractivity contribution in [2.24, 2.45) is 11.7 Å². The maximum atomic E-state index is 6.31. The second-order valence-corrected chi connectivity index (χ2v) is 8.79. The van der Waals surface area contributed by atoms with Crippen LogP contribution >= 0.6 is 39.0 Å². The molecule has 1 aliphatic carbocycles. The summed E-state index contributed by atoms with van der Waals surface area (Å²) in [5.41, 5.74) is 6.31. The van der Waals surface area contributed by atoms with Crippen LogP contribution in [0.5, 0.6) is 0 Å². The highest BCUT2D eigenvalue weighted by Crippen LogP contribution is 2.40. The van der Waals surface area contributed by atoms with Crippen molar-refractivity contribution in [1.82, 2.24) is 0 Å². The van der Waals surface area contributed by atoms with Crippen molar-refractivity contribution in [2.45, 2.75) is 50.3 Å². The molecule has 0 bridgehead atoms. The highest BCUT2D eigenvalue weighted by Gasteiger charge is 2.23. The molecular weight excluding hydrogens is 326 g/mol. The summed E-state index contributed by atoms with van der Waals surface area (Å²) in [4.78, 5) is 1.43. The van der Waals surface area contributed by atoms with Crippen LogP contribution in [0, 0.1) is 5.92 Å². The normalized spacial score (nSPS) is 20.2. The predicted molar refractivity (Wildman–Crippen MR) is 87.4 cm³/mol. The van der Waals surface area contributed by atoms with E-state index in [1.807, 2.05) is 11.3 Å². The van der Waals surface area contributed by atoms with Gasteiger partial charge in [0.15, 0.2) is 0 Å². The van der Waals surface area contributed by atoms with Crippen molar-refractivity contribution >= 4 is 39.0 Å². The van der Waals surface area contributed by atoms with Crippen LogP contribution < -0.4 is 5.73 Å². The average Bonchev–Trinajstić information content (AvgIpc) is 3.01. The molecule has 2 N–H and O–H groups in total. The summed E-state index contributed by atoms with van der Waals surface area (Å²) in [6.07, 6.45) is 6.77. The van der Waals surface area contributed by atoms with Gasteiger partial charge in [0.25, 0.3) is 0 Å². The predicted octanol–water partition coefficient (Wildman–Crippen LogP) is 5.21. The van der Waals surface area contributed by atoms with E-state index in [-0.39, 0.29) is 6.04 Å². The van der Waals surface area contributed by atoms with Crippen molar-refractivity contribution < 1.29 is 0 Å². The summed E-state index contributed by atoms with van der Waals surface area (Å²) in [5, 5.41) is 0.479. The van der Waals surface area contributed by atoms with E-state index in [1.54, 1.807) is 0 Å². The molecule has 0 aliphatic heterocycles. The smallest absolute Gasteiger partial charge is 0.0701 e. The minimum atomic E-state index is 0.280. The fraction of sp³-hybridized carbons (Fsp3) is 0.714. The zero-order chi connectivity index (χ0) is 13.0. The number of thioether (sulfide) groups is 1. The number of nitrogens with two attached hydrogens (primary N) is 1. The topological polar surface area (TPSA) is 26.0 Å². The fourth-order valence-corrected chi connectivity index (χ4v) is 5.85. The number of hydrogen-bond acceptors (Lipinski definition) is 3. The van der Waals surface area contributed by atoms with E-state index in [9.17, 15) is 0 Å². The van der Waals surface area contributed by atoms with E-state index in [2.05, 4.69) is 46.7 Å². The molecule has 2 atom stereocenters. The number of halogens is 1. The van der Waals surface area contributed by atoms with Crippen LogP contribution in [-0.2, 0) is 0 Å². The molecule has 1 saturated carbocycles. The summed E-state index contributed by atoms with van der Waals surface area (Å²) in [6, 6.07) is 4.66. The highest BCUT2D eigenvalue weighted by atomic mass is 79.9. The first kappa shape index (κ1) is 14.9. The summed E-state index contributed by atoms with van der Waals surface area (Å²) >= 11 is 7.48. The third kappa shape index (κ3) is 3.99. The zero-order valence-electron chi connectivity index (χ0n) is 10.9. The van der Waals surface area contributed by atoms with Crippen molar-refractivity contribution in [1.29, 1.82) is 0 Å². The minimum Gasteiger partial charge on any atom is -0.326 e. The molecule has 1 heterocycles. The maximum Gasteiger partial charge on any atom is 0.0701 e. The molecule has 4 heteroatoms. The van der Waals surface area contributed by atoms with E-state index >= 15 is 0 Å². The molecule has 2 rings (SSSR count). The molecule has 0 aromatic carbocycles. The summed E-state index contributed by atoms with van der Waals surface area (Å²) in [7, 11) is 0. The molecule has 0 spiro atoms. The van der Waals surface area contributed by atoms with Gasteiger partial charge in [-0.25, -0.2) is 0 Å². The lowest BCUT2D eigenvalue weighted by Gasteiger charge is -2.22. The Kier molecular flexibility index (Phi) is 6.05. The van der Waals surface area contributed by atoms with Crippen LogP contribution in [-0.4, -0.2) is 11.8 Å². The first-order valence-electron chi connectivity index (χ1n) is 6.83. The summed E-state index contributed by atoms with van der Waals surface area (Å²) in [6.45, 7) is 2.19. The van der Waals surface area contributed by atoms with Gasteiger partial charge in [0.2, 0.25) is 0 Å². The van der Waals surface area contributed by atoms with Crippen LogP contribution in [0.3, 0.4) is 0 Å². The molecule has 1 aromatic heterocycles. The second kappa shape index (κ2) is 7.32.